The fourth-order valence-corrected chi connectivity index (χ4v) is 6.55. The predicted molar refractivity (Wildman–Crippen MR) is 204 cm³/mol. The van der Waals surface area contributed by atoms with E-state index in [2.05, 4.69) is 43.5 Å². The van der Waals surface area contributed by atoms with Crippen LogP contribution >= 0.6 is 0 Å². The van der Waals surface area contributed by atoms with Gasteiger partial charge in [0, 0.05) is 0 Å². The lowest BCUT2D eigenvalue weighted by Crippen LogP contribution is -2.50. The molecule has 0 bridgehead atoms. The van der Waals surface area contributed by atoms with Crippen LogP contribution in [0.2, 0.25) is 0 Å². The Labute approximate surface area is 296 Å². The second-order valence-corrected chi connectivity index (χ2v) is 15.2. The number of aliphatic hydroxyl groups excluding tert-OH is 2. The first kappa shape index (κ1) is 46.5. The van der Waals surface area contributed by atoms with Crippen molar-refractivity contribution in [1.82, 2.24) is 5.32 Å². The van der Waals surface area contributed by atoms with E-state index in [9.17, 15) is 28.0 Å². The molecule has 3 unspecified atom stereocenters. The van der Waals surface area contributed by atoms with Crippen LogP contribution in [0.25, 0.3) is 0 Å². The van der Waals surface area contributed by atoms with E-state index >= 15 is 0 Å². The number of aliphatic hydroxyl groups is 2. The normalized spacial score (nSPS) is 14.4. The molecular formula is C40H75NO6S. The Hall–Kier alpha value is -1.48. The lowest BCUT2D eigenvalue weighted by atomic mass is 10.1. The highest BCUT2D eigenvalue weighted by Gasteiger charge is 2.27. The Kier molecular flexibility index (Phi) is 32.9. The van der Waals surface area contributed by atoms with Crippen molar-refractivity contribution in [2.75, 3.05) is 5.75 Å². The van der Waals surface area contributed by atoms with Crippen LogP contribution in [-0.4, -0.2) is 53.1 Å². The molecule has 0 aliphatic rings. The molecule has 8 heteroatoms. The molecule has 0 aromatic rings. The molecule has 1 amide bonds. The van der Waals surface area contributed by atoms with E-state index in [4.69, 9.17) is 0 Å². The maximum absolute atomic E-state index is 12.6. The number of carbonyl (C=O) groups excluding carboxylic acids is 1. The zero-order valence-corrected chi connectivity index (χ0v) is 31.8. The maximum Gasteiger partial charge on any atom is 0.267 e. The Morgan fingerprint density at radius 3 is 1.38 bits per heavy atom. The van der Waals surface area contributed by atoms with E-state index in [1.807, 2.05) is 0 Å². The van der Waals surface area contributed by atoms with Gasteiger partial charge in [-0.15, -0.1) is 0 Å². The summed E-state index contributed by atoms with van der Waals surface area (Å²) < 4.78 is 32.4. The molecule has 0 saturated carbocycles. The highest BCUT2D eigenvalue weighted by atomic mass is 32.2. The minimum atomic E-state index is -4.45. The number of carbonyl (C=O) groups is 1. The molecule has 0 aliphatic heterocycles. The fourth-order valence-electron chi connectivity index (χ4n) is 5.82. The summed E-state index contributed by atoms with van der Waals surface area (Å²) in [4.78, 5) is 12.6. The highest BCUT2D eigenvalue weighted by Crippen LogP contribution is 2.13. The summed E-state index contributed by atoms with van der Waals surface area (Å²) in [7, 11) is -4.45. The quantitative estimate of drug-likeness (QED) is 0.0297. The Balaban J connectivity index is 4.13. The van der Waals surface area contributed by atoms with Crippen LogP contribution in [0, 0.1) is 0 Å². The molecule has 282 valence electrons. The molecule has 0 spiro atoms. The molecule has 4 N–H and O–H groups in total. The number of allylic oxidation sites excluding steroid dienone is 5. The van der Waals surface area contributed by atoms with E-state index in [1.54, 1.807) is 6.08 Å². The van der Waals surface area contributed by atoms with Crippen molar-refractivity contribution in [2.24, 2.45) is 0 Å². The van der Waals surface area contributed by atoms with E-state index in [1.165, 1.54) is 115 Å². The number of unbranched alkanes of at least 4 members (excludes halogenated alkanes) is 22. The molecule has 48 heavy (non-hydrogen) atoms. The van der Waals surface area contributed by atoms with Gasteiger partial charge in [-0.25, -0.2) is 0 Å². The average Bonchev–Trinajstić information content (AvgIpc) is 3.05. The van der Waals surface area contributed by atoms with E-state index in [0.29, 0.717) is 12.8 Å². The summed E-state index contributed by atoms with van der Waals surface area (Å²) in [6.07, 6.45) is 40.6. The van der Waals surface area contributed by atoms with Gasteiger partial charge < -0.3 is 15.5 Å². The molecule has 7 nitrogen and oxygen atoms in total. The summed E-state index contributed by atoms with van der Waals surface area (Å²) in [6, 6.07) is -1.25. The van der Waals surface area contributed by atoms with Crippen LogP contribution in [0.4, 0.5) is 0 Å². The molecule has 3 atom stereocenters. The molecule has 0 aromatic heterocycles. The monoisotopic (exact) mass is 698 g/mol. The summed E-state index contributed by atoms with van der Waals surface area (Å²) >= 11 is 0. The first-order chi connectivity index (χ1) is 23.2. The van der Waals surface area contributed by atoms with Crippen molar-refractivity contribution < 1.29 is 28.0 Å². The number of hydrogen-bond acceptors (Lipinski definition) is 5. The predicted octanol–water partition coefficient (Wildman–Crippen LogP) is 10.3. The Morgan fingerprint density at radius 2 is 0.938 bits per heavy atom. The SMILES string of the molecule is CCCCCCCCCC/C=C/CC/C=C/C(O)C(CS(=O)(=O)O)NC(=O)C(O)CCCCCC/C=C\CCCCCCCCCCC. The van der Waals surface area contributed by atoms with E-state index in [-0.39, 0.29) is 6.42 Å². The number of hydrogen-bond donors (Lipinski definition) is 4. The third-order valence-electron chi connectivity index (χ3n) is 8.90. The minimum Gasteiger partial charge on any atom is -0.387 e. The molecular weight excluding hydrogens is 623 g/mol. The van der Waals surface area contributed by atoms with Gasteiger partial charge in [0.05, 0.1) is 17.9 Å². The first-order valence-electron chi connectivity index (χ1n) is 19.8. The van der Waals surface area contributed by atoms with Gasteiger partial charge in [-0.2, -0.15) is 8.42 Å². The lowest BCUT2D eigenvalue weighted by Gasteiger charge is -2.22. The Morgan fingerprint density at radius 1 is 0.562 bits per heavy atom. The van der Waals surface area contributed by atoms with Gasteiger partial charge in [-0.05, 0) is 57.8 Å². The van der Waals surface area contributed by atoms with Crippen LogP contribution in [0.15, 0.2) is 36.5 Å². The molecule has 0 rings (SSSR count). The second-order valence-electron chi connectivity index (χ2n) is 13.7. The number of rotatable bonds is 35. The highest BCUT2D eigenvalue weighted by molar-refractivity contribution is 7.85. The lowest BCUT2D eigenvalue weighted by molar-refractivity contribution is -0.130. The van der Waals surface area contributed by atoms with Crippen molar-refractivity contribution in [3.05, 3.63) is 36.5 Å². The fraction of sp³-hybridized carbons (Fsp3) is 0.825. The zero-order valence-electron chi connectivity index (χ0n) is 31.0. The van der Waals surface area contributed by atoms with Gasteiger partial charge in [0.25, 0.3) is 10.1 Å². The smallest absolute Gasteiger partial charge is 0.267 e. The molecule has 0 heterocycles. The standard InChI is InChI=1S/C40H75NO6S/c1-3-5-7-9-11-13-15-17-19-20-21-23-25-27-29-31-33-35-39(43)40(44)41-37(36-48(45,46)47)38(42)34-32-30-28-26-24-22-18-16-14-12-10-8-6-4-2/h21,23-24,26,32,34,37-39,42-43H,3-20,22,25,27-31,33,35-36H2,1-2H3,(H,41,44)(H,45,46,47)/b23-21-,26-24+,34-32+. The first-order valence-corrected chi connectivity index (χ1v) is 21.4. The van der Waals surface area contributed by atoms with Crippen molar-refractivity contribution in [1.29, 1.82) is 0 Å². The largest absolute Gasteiger partial charge is 0.387 e. The van der Waals surface area contributed by atoms with Gasteiger partial charge in [0.1, 0.15) is 6.10 Å². The van der Waals surface area contributed by atoms with Crippen molar-refractivity contribution in [2.45, 2.75) is 205 Å². The van der Waals surface area contributed by atoms with Gasteiger partial charge in [-0.1, -0.05) is 166 Å². The molecule has 0 fully saturated rings. The van der Waals surface area contributed by atoms with E-state index in [0.717, 1.165) is 44.9 Å². The number of amides is 1. The molecule has 0 radical (unpaired) electrons. The Bertz CT molecular complexity index is 917. The van der Waals surface area contributed by atoms with Crippen LogP contribution in [-0.2, 0) is 14.9 Å². The van der Waals surface area contributed by atoms with Crippen molar-refractivity contribution in [3.8, 4) is 0 Å². The zero-order chi connectivity index (χ0) is 35.6. The van der Waals surface area contributed by atoms with Crippen LogP contribution < -0.4 is 5.32 Å². The van der Waals surface area contributed by atoms with Crippen molar-refractivity contribution >= 4 is 16.0 Å². The third kappa shape index (κ3) is 33.0. The van der Waals surface area contributed by atoms with Gasteiger partial charge in [0.15, 0.2) is 0 Å². The molecule has 0 aliphatic carbocycles. The third-order valence-corrected chi connectivity index (χ3v) is 9.68. The van der Waals surface area contributed by atoms with Gasteiger partial charge in [-0.3, -0.25) is 9.35 Å². The summed E-state index contributed by atoms with van der Waals surface area (Å²) in [5, 5.41) is 23.3. The summed E-state index contributed by atoms with van der Waals surface area (Å²) in [6.45, 7) is 4.49. The second kappa shape index (κ2) is 34.0. The minimum absolute atomic E-state index is 0.260. The van der Waals surface area contributed by atoms with Gasteiger partial charge >= 0.3 is 0 Å². The molecule has 0 saturated heterocycles. The molecule has 0 aromatic carbocycles. The maximum atomic E-state index is 12.6. The van der Waals surface area contributed by atoms with Crippen molar-refractivity contribution in [3.63, 3.8) is 0 Å². The van der Waals surface area contributed by atoms with Crippen LogP contribution in [0.5, 0.6) is 0 Å². The van der Waals surface area contributed by atoms with Crippen LogP contribution in [0.3, 0.4) is 0 Å². The van der Waals surface area contributed by atoms with Gasteiger partial charge in [0.2, 0.25) is 5.91 Å². The topological polar surface area (TPSA) is 124 Å². The summed E-state index contributed by atoms with van der Waals surface area (Å²) in [5.41, 5.74) is 0. The number of nitrogens with one attached hydrogen (secondary N) is 1. The summed E-state index contributed by atoms with van der Waals surface area (Å²) in [5.74, 6) is -1.57. The van der Waals surface area contributed by atoms with E-state index < -0.39 is 40.0 Å². The van der Waals surface area contributed by atoms with Crippen LogP contribution in [0.1, 0.15) is 187 Å². The average molecular weight is 698 g/mol.